The molecule has 2 aromatic rings. The number of aromatic nitrogens is 1. The molecule has 40 heavy (non-hydrogen) atoms. The van der Waals surface area contributed by atoms with Crippen LogP contribution in [0.15, 0.2) is 30.5 Å². The van der Waals surface area contributed by atoms with Crippen molar-refractivity contribution in [2.75, 3.05) is 18.1 Å². The zero-order valence-corrected chi connectivity index (χ0v) is 22.5. The zero-order chi connectivity index (χ0) is 29.2. The Morgan fingerprint density at radius 1 is 1.20 bits per heavy atom. The fraction of sp³-hybridized carbons (Fsp3) is 0.500. The first-order valence-corrected chi connectivity index (χ1v) is 13.2. The number of carbonyl (C=O) groups excluding carboxylic acids is 2. The van der Waals surface area contributed by atoms with E-state index >= 15 is 0 Å². The first kappa shape index (κ1) is 29.2. The molecule has 1 saturated carbocycles. The van der Waals surface area contributed by atoms with Crippen LogP contribution < -0.4 is 9.64 Å². The van der Waals surface area contributed by atoms with Gasteiger partial charge < -0.3 is 24.4 Å². The molecular formula is C28H32F3N3O6. The molecule has 216 valence electrons. The highest BCUT2D eigenvalue weighted by atomic mass is 19.4. The van der Waals surface area contributed by atoms with Gasteiger partial charge >= 0.3 is 18.2 Å². The number of pyridine rings is 1. The van der Waals surface area contributed by atoms with E-state index in [1.54, 1.807) is 13.8 Å². The van der Waals surface area contributed by atoms with E-state index in [2.05, 4.69) is 11.9 Å². The van der Waals surface area contributed by atoms with Gasteiger partial charge in [0, 0.05) is 18.2 Å². The first-order valence-electron chi connectivity index (χ1n) is 13.2. The van der Waals surface area contributed by atoms with Crippen molar-refractivity contribution in [3.63, 3.8) is 0 Å². The Kier molecular flexibility index (Phi) is 8.55. The van der Waals surface area contributed by atoms with Crippen LogP contribution in [0, 0.1) is 11.8 Å². The number of hydrogen-bond donors (Lipinski definition) is 1. The molecule has 0 spiro atoms. The van der Waals surface area contributed by atoms with Gasteiger partial charge in [-0.3, -0.25) is 4.79 Å². The molecular weight excluding hydrogens is 531 g/mol. The molecule has 2 aliphatic rings. The number of amides is 2. The topological polar surface area (TPSA) is 109 Å². The van der Waals surface area contributed by atoms with Gasteiger partial charge in [-0.25, -0.2) is 14.6 Å². The number of nitrogens with zero attached hydrogens (tertiary/aromatic N) is 3. The fourth-order valence-corrected chi connectivity index (χ4v) is 5.08. The third-order valence-corrected chi connectivity index (χ3v) is 7.22. The third kappa shape index (κ3) is 6.48. The van der Waals surface area contributed by atoms with E-state index < -0.39 is 29.7 Å². The lowest BCUT2D eigenvalue weighted by Gasteiger charge is -2.34. The normalized spacial score (nSPS) is 19.5. The van der Waals surface area contributed by atoms with Gasteiger partial charge in [0.05, 0.1) is 24.3 Å². The molecule has 1 aromatic carbocycles. The van der Waals surface area contributed by atoms with Crippen molar-refractivity contribution in [2.24, 2.45) is 11.8 Å². The van der Waals surface area contributed by atoms with Crippen LogP contribution in [0.3, 0.4) is 0 Å². The number of ether oxygens (including phenoxy) is 2. The minimum absolute atomic E-state index is 0.119. The van der Waals surface area contributed by atoms with E-state index in [0.29, 0.717) is 18.8 Å². The van der Waals surface area contributed by atoms with Crippen molar-refractivity contribution in [1.82, 2.24) is 9.88 Å². The van der Waals surface area contributed by atoms with Crippen LogP contribution >= 0.6 is 0 Å². The van der Waals surface area contributed by atoms with E-state index in [4.69, 9.17) is 9.47 Å². The molecule has 2 amide bonds. The second-order valence-corrected chi connectivity index (χ2v) is 10.6. The number of cyclic esters (lactones) is 1. The summed E-state index contributed by atoms with van der Waals surface area (Å²) in [6.07, 6.45) is -1.04. The second-order valence-electron chi connectivity index (χ2n) is 10.6. The molecule has 2 fully saturated rings. The van der Waals surface area contributed by atoms with Crippen LogP contribution in [0.4, 0.5) is 23.7 Å². The Labute approximate surface area is 229 Å². The Morgan fingerprint density at radius 2 is 1.90 bits per heavy atom. The summed E-state index contributed by atoms with van der Waals surface area (Å²) in [4.78, 5) is 43.9. The smallest absolute Gasteiger partial charge is 0.421 e. The SMILES string of the molecule is CC1CCC(C(=O)N(c2ccc(Oc3ncc(CN4CCOC4=O)cc3C(F)(F)F)cc2C(=O)O)C(C)C)CC1. The van der Waals surface area contributed by atoms with Crippen molar-refractivity contribution in [1.29, 1.82) is 0 Å². The van der Waals surface area contributed by atoms with E-state index in [1.165, 1.54) is 21.9 Å². The molecule has 12 heteroatoms. The third-order valence-electron chi connectivity index (χ3n) is 7.22. The first-order chi connectivity index (χ1) is 18.8. The lowest BCUT2D eigenvalue weighted by molar-refractivity contribution is -0.139. The van der Waals surface area contributed by atoms with E-state index in [9.17, 15) is 32.7 Å². The van der Waals surface area contributed by atoms with Crippen LogP contribution in [0.2, 0.25) is 0 Å². The van der Waals surface area contributed by atoms with Crippen LogP contribution in [0.25, 0.3) is 0 Å². The molecule has 0 radical (unpaired) electrons. The molecule has 2 heterocycles. The van der Waals surface area contributed by atoms with Crippen molar-refractivity contribution < 1.29 is 42.1 Å². The van der Waals surface area contributed by atoms with Crippen molar-refractivity contribution in [3.05, 3.63) is 47.2 Å². The number of carboxylic acid groups (broad SMARTS) is 1. The summed E-state index contributed by atoms with van der Waals surface area (Å²) in [5.41, 5.74) is -1.18. The maximum Gasteiger partial charge on any atom is 0.421 e. The number of aromatic carboxylic acids is 1. The van der Waals surface area contributed by atoms with Gasteiger partial charge in [0.2, 0.25) is 11.8 Å². The number of alkyl halides is 3. The molecule has 0 bridgehead atoms. The van der Waals surface area contributed by atoms with Crippen molar-refractivity contribution >= 4 is 23.7 Å². The Hall–Kier alpha value is -3.83. The molecule has 1 saturated heterocycles. The highest BCUT2D eigenvalue weighted by Gasteiger charge is 2.37. The summed E-state index contributed by atoms with van der Waals surface area (Å²) in [5, 5.41) is 9.96. The van der Waals surface area contributed by atoms with Crippen molar-refractivity contribution in [2.45, 2.75) is 65.2 Å². The summed E-state index contributed by atoms with van der Waals surface area (Å²) in [5.74, 6) is -2.17. The quantitative estimate of drug-likeness (QED) is 0.413. The number of halogens is 3. The van der Waals surface area contributed by atoms with Gasteiger partial charge in [-0.05, 0) is 75.3 Å². The van der Waals surface area contributed by atoms with Gasteiger partial charge in [0.1, 0.15) is 17.9 Å². The lowest BCUT2D eigenvalue weighted by Crippen LogP contribution is -2.42. The molecule has 0 atom stereocenters. The van der Waals surface area contributed by atoms with E-state index in [0.717, 1.165) is 31.2 Å². The van der Waals surface area contributed by atoms with Crippen LogP contribution in [-0.4, -0.2) is 52.2 Å². The summed E-state index contributed by atoms with van der Waals surface area (Å²) < 4.78 is 52.0. The van der Waals surface area contributed by atoms with Gasteiger partial charge in [-0.1, -0.05) is 6.92 Å². The average molecular weight is 564 g/mol. The summed E-state index contributed by atoms with van der Waals surface area (Å²) in [7, 11) is 0. The van der Waals surface area contributed by atoms with E-state index in [-0.39, 0.29) is 60.1 Å². The zero-order valence-electron chi connectivity index (χ0n) is 22.5. The number of carboxylic acids is 1. The Bertz CT molecular complexity index is 1270. The second kappa shape index (κ2) is 11.7. The molecule has 1 aliphatic heterocycles. The van der Waals surface area contributed by atoms with Crippen LogP contribution in [-0.2, 0) is 22.3 Å². The minimum atomic E-state index is -4.84. The lowest BCUT2D eigenvalue weighted by atomic mass is 9.82. The molecule has 9 nitrogen and oxygen atoms in total. The van der Waals surface area contributed by atoms with Gasteiger partial charge in [-0.2, -0.15) is 13.2 Å². The monoisotopic (exact) mass is 563 g/mol. The predicted octanol–water partition coefficient (Wildman–Crippen LogP) is 6.11. The standard InChI is InChI=1S/C28H32F3N3O6/c1-16(2)34(25(35)19-6-4-17(3)5-7-19)23-9-8-20(13-21(23)26(36)37)40-24-22(28(29,30)31)12-18(14-32-24)15-33-10-11-39-27(33)38/h8-9,12-14,16-17,19H,4-7,10-11,15H2,1-3H3,(H,36,37). The highest BCUT2D eigenvalue weighted by molar-refractivity contribution is 6.03. The molecule has 0 unspecified atom stereocenters. The van der Waals surface area contributed by atoms with Crippen molar-refractivity contribution in [3.8, 4) is 11.6 Å². The van der Waals surface area contributed by atoms with Gasteiger partial charge in [0.25, 0.3) is 0 Å². The fourth-order valence-electron chi connectivity index (χ4n) is 5.08. The van der Waals surface area contributed by atoms with Gasteiger partial charge in [0.15, 0.2) is 0 Å². The number of anilines is 1. The van der Waals surface area contributed by atoms with Crippen LogP contribution in [0.1, 0.15) is 67.9 Å². The number of hydrogen-bond acceptors (Lipinski definition) is 6. The number of carbonyl (C=O) groups is 3. The molecule has 1 N–H and O–H groups in total. The van der Waals surface area contributed by atoms with E-state index in [1.807, 2.05) is 0 Å². The highest BCUT2D eigenvalue weighted by Crippen LogP contribution is 2.39. The summed E-state index contributed by atoms with van der Waals surface area (Å²) in [6.45, 7) is 5.98. The summed E-state index contributed by atoms with van der Waals surface area (Å²) >= 11 is 0. The number of rotatable bonds is 8. The summed E-state index contributed by atoms with van der Waals surface area (Å²) in [6, 6.07) is 4.28. The maximum absolute atomic E-state index is 13.9. The largest absolute Gasteiger partial charge is 0.478 e. The number of benzene rings is 1. The predicted molar refractivity (Wildman–Crippen MR) is 138 cm³/mol. The maximum atomic E-state index is 13.9. The molecule has 1 aliphatic carbocycles. The molecule has 1 aromatic heterocycles. The molecule has 4 rings (SSSR count). The Balaban J connectivity index is 1.63. The van der Waals surface area contributed by atoms with Gasteiger partial charge in [-0.15, -0.1) is 0 Å². The van der Waals surface area contributed by atoms with Crippen LogP contribution in [0.5, 0.6) is 11.6 Å². The Morgan fingerprint density at radius 3 is 2.48 bits per heavy atom. The minimum Gasteiger partial charge on any atom is -0.478 e. The average Bonchev–Trinajstić information content (AvgIpc) is 3.29.